The first-order chi connectivity index (χ1) is 15.3. The second-order valence-corrected chi connectivity index (χ2v) is 9.08. The maximum Gasteiger partial charge on any atom is 0.262 e. The molecule has 0 aliphatic rings. The normalized spacial score (nSPS) is 10.6. The Morgan fingerprint density at radius 2 is 1.84 bits per heavy atom. The molecule has 0 aliphatic heterocycles. The molecule has 0 saturated carbocycles. The predicted molar refractivity (Wildman–Crippen MR) is 139 cm³/mol. The van der Waals surface area contributed by atoms with Gasteiger partial charge in [0.2, 0.25) is 0 Å². The van der Waals surface area contributed by atoms with Crippen LogP contribution in [-0.4, -0.2) is 19.6 Å². The van der Waals surface area contributed by atoms with Crippen LogP contribution >= 0.6 is 34.2 Å². The molecule has 3 aromatic carbocycles. The fourth-order valence-electron chi connectivity index (χ4n) is 3.16. The van der Waals surface area contributed by atoms with Crippen LogP contribution in [0.3, 0.4) is 0 Å². The maximum absolute atomic E-state index is 12.3. The summed E-state index contributed by atoms with van der Waals surface area (Å²) in [4.78, 5) is 12.3. The number of hydrogen-bond acceptors (Lipinski definition) is 4. The number of anilines is 2. The number of carbonyl (C=O) groups is 1. The zero-order chi connectivity index (χ0) is 23.3. The molecule has 0 aliphatic carbocycles. The van der Waals surface area contributed by atoms with Gasteiger partial charge in [-0.3, -0.25) is 4.79 Å². The van der Waals surface area contributed by atoms with Gasteiger partial charge in [-0.15, -0.1) is 0 Å². The van der Waals surface area contributed by atoms with Gasteiger partial charge < -0.3 is 20.1 Å². The fourth-order valence-corrected chi connectivity index (χ4v) is 4.16. The van der Waals surface area contributed by atoms with Crippen molar-refractivity contribution in [3.05, 3.63) is 79.4 Å². The Hall–Kier alpha value is -2.45. The second kappa shape index (κ2) is 10.9. The van der Waals surface area contributed by atoms with Crippen molar-refractivity contribution in [2.75, 3.05) is 24.4 Å². The summed E-state index contributed by atoms with van der Waals surface area (Å²) >= 11 is 8.32. The van der Waals surface area contributed by atoms with Crippen molar-refractivity contribution in [3.8, 4) is 11.5 Å². The number of hydrogen-bond donors (Lipinski definition) is 2. The van der Waals surface area contributed by atoms with Gasteiger partial charge in [0.15, 0.2) is 18.1 Å². The highest BCUT2D eigenvalue weighted by Crippen LogP contribution is 2.34. The van der Waals surface area contributed by atoms with Crippen molar-refractivity contribution < 1.29 is 14.3 Å². The zero-order valence-corrected chi connectivity index (χ0v) is 21.4. The molecule has 168 valence electrons. The Bertz CT molecular complexity index is 1130. The molecule has 0 atom stereocenters. The highest BCUT2D eigenvalue weighted by atomic mass is 127. The Balaban J connectivity index is 1.66. The average Bonchev–Trinajstić information content (AvgIpc) is 2.76. The number of nitrogens with one attached hydrogen (secondary N) is 2. The monoisotopic (exact) mass is 564 g/mol. The highest BCUT2D eigenvalue weighted by molar-refractivity contribution is 14.1. The van der Waals surface area contributed by atoms with E-state index in [2.05, 4.69) is 59.2 Å². The summed E-state index contributed by atoms with van der Waals surface area (Å²) in [6.45, 7) is 6.62. The summed E-state index contributed by atoms with van der Waals surface area (Å²) in [5.41, 5.74) is 6.22. The molecule has 0 unspecified atom stereocenters. The van der Waals surface area contributed by atoms with E-state index in [1.807, 2.05) is 31.2 Å². The molecule has 0 aromatic heterocycles. The minimum atomic E-state index is -0.275. The predicted octanol–water partition coefficient (Wildman–Crippen LogP) is 6.51. The van der Waals surface area contributed by atoms with Crippen molar-refractivity contribution in [1.29, 1.82) is 0 Å². The lowest BCUT2D eigenvalue weighted by molar-refractivity contribution is -0.118. The third kappa shape index (κ3) is 6.07. The molecule has 3 rings (SSSR count). The number of aryl methyl sites for hydroxylation is 2. The van der Waals surface area contributed by atoms with Gasteiger partial charge in [0.25, 0.3) is 5.91 Å². The Kier molecular flexibility index (Phi) is 8.26. The molecule has 0 radical (unpaired) electrons. The molecule has 0 heterocycles. The van der Waals surface area contributed by atoms with Crippen LogP contribution in [0.5, 0.6) is 11.5 Å². The van der Waals surface area contributed by atoms with E-state index in [0.29, 0.717) is 28.8 Å². The molecule has 3 aromatic rings. The smallest absolute Gasteiger partial charge is 0.262 e. The minimum Gasteiger partial charge on any atom is -0.493 e. The SMILES string of the molecule is COc1cc(CNc2cccc(C)c2C)cc(I)c1OCC(=O)Nc1ccc(C)c(Cl)c1. The van der Waals surface area contributed by atoms with Gasteiger partial charge in [0.05, 0.1) is 10.7 Å². The van der Waals surface area contributed by atoms with Crippen molar-refractivity contribution in [1.82, 2.24) is 0 Å². The number of benzene rings is 3. The van der Waals surface area contributed by atoms with Gasteiger partial charge in [-0.05, 0) is 95.9 Å². The first kappa shape index (κ1) is 24.2. The molecule has 1 amide bonds. The quantitative estimate of drug-likeness (QED) is 0.306. The van der Waals surface area contributed by atoms with Gasteiger partial charge in [-0.25, -0.2) is 0 Å². The largest absolute Gasteiger partial charge is 0.493 e. The van der Waals surface area contributed by atoms with Gasteiger partial charge in [0.1, 0.15) is 0 Å². The van der Waals surface area contributed by atoms with Crippen LogP contribution in [-0.2, 0) is 11.3 Å². The fraction of sp³-hybridized carbons (Fsp3) is 0.240. The maximum atomic E-state index is 12.3. The minimum absolute atomic E-state index is 0.141. The molecular weight excluding hydrogens is 539 g/mol. The lowest BCUT2D eigenvalue weighted by Crippen LogP contribution is -2.20. The molecule has 0 bridgehead atoms. The molecule has 5 nitrogen and oxygen atoms in total. The number of rotatable bonds is 8. The van der Waals surface area contributed by atoms with E-state index in [0.717, 1.165) is 20.4 Å². The van der Waals surface area contributed by atoms with Crippen LogP contribution in [0.1, 0.15) is 22.3 Å². The summed E-state index contributed by atoms with van der Waals surface area (Å²) in [7, 11) is 1.59. The Morgan fingerprint density at radius 3 is 2.56 bits per heavy atom. The molecule has 2 N–H and O–H groups in total. The van der Waals surface area contributed by atoms with Crippen molar-refractivity contribution in [2.24, 2.45) is 0 Å². The summed E-state index contributed by atoms with van der Waals surface area (Å²) < 4.78 is 12.2. The molecule has 0 fully saturated rings. The second-order valence-electron chi connectivity index (χ2n) is 7.51. The first-order valence-corrected chi connectivity index (χ1v) is 11.6. The number of halogens is 2. The van der Waals surface area contributed by atoms with Crippen LogP contribution in [0.15, 0.2) is 48.5 Å². The zero-order valence-electron chi connectivity index (χ0n) is 18.5. The summed E-state index contributed by atoms with van der Waals surface area (Å²) in [5.74, 6) is 0.852. The lowest BCUT2D eigenvalue weighted by atomic mass is 10.1. The van der Waals surface area contributed by atoms with Crippen LogP contribution in [0.2, 0.25) is 5.02 Å². The standard InChI is InChI=1S/C25H26ClIN2O3/c1-15-6-5-7-22(17(15)3)28-13-18-10-21(27)25(23(11-18)31-4)32-14-24(30)29-19-9-8-16(2)20(26)12-19/h5-12,28H,13-14H2,1-4H3,(H,29,30). The average molecular weight is 565 g/mol. The van der Waals surface area contributed by atoms with Crippen LogP contribution in [0.25, 0.3) is 0 Å². The Labute approximate surface area is 207 Å². The summed E-state index contributed by atoms with van der Waals surface area (Å²) in [6, 6.07) is 15.5. The van der Waals surface area contributed by atoms with E-state index in [9.17, 15) is 4.79 Å². The topological polar surface area (TPSA) is 59.6 Å². The number of ether oxygens (including phenoxy) is 2. The van der Waals surface area contributed by atoms with Crippen LogP contribution in [0.4, 0.5) is 11.4 Å². The Morgan fingerprint density at radius 1 is 1.06 bits per heavy atom. The summed E-state index contributed by atoms with van der Waals surface area (Å²) in [6.07, 6.45) is 0. The molecule has 7 heteroatoms. The van der Waals surface area contributed by atoms with E-state index in [1.54, 1.807) is 19.2 Å². The van der Waals surface area contributed by atoms with Gasteiger partial charge in [0, 0.05) is 22.9 Å². The van der Waals surface area contributed by atoms with Gasteiger partial charge >= 0.3 is 0 Å². The number of carbonyl (C=O) groups excluding carboxylic acids is 1. The van der Waals surface area contributed by atoms with Gasteiger partial charge in [-0.2, -0.15) is 0 Å². The summed E-state index contributed by atoms with van der Waals surface area (Å²) in [5, 5.41) is 6.88. The van der Waals surface area contributed by atoms with Crippen molar-refractivity contribution >= 4 is 51.5 Å². The molecule has 0 saturated heterocycles. The lowest BCUT2D eigenvalue weighted by Gasteiger charge is -2.16. The number of amides is 1. The van der Waals surface area contributed by atoms with E-state index in [-0.39, 0.29) is 12.5 Å². The molecule has 32 heavy (non-hydrogen) atoms. The number of methoxy groups -OCH3 is 1. The van der Waals surface area contributed by atoms with Crippen LogP contribution < -0.4 is 20.1 Å². The third-order valence-corrected chi connectivity index (χ3v) is 6.39. The van der Waals surface area contributed by atoms with Gasteiger partial charge in [-0.1, -0.05) is 29.8 Å². The van der Waals surface area contributed by atoms with Crippen LogP contribution in [0, 0.1) is 24.3 Å². The van der Waals surface area contributed by atoms with Crippen molar-refractivity contribution in [3.63, 3.8) is 0 Å². The molecular formula is C25H26ClIN2O3. The highest BCUT2D eigenvalue weighted by Gasteiger charge is 2.14. The van der Waals surface area contributed by atoms with E-state index in [1.165, 1.54) is 11.1 Å². The molecule has 0 spiro atoms. The van der Waals surface area contributed by atoms with E-state index in [4.69, 9.17) is 21.1 Å². The third-order valence-electron chi connectivity index (χ3n) is 5.18. The first-order valence-electron chi connectivity index (χ1n) is 10.1. The van der Waals surface area contributed by atoms with E-state index >= 15 is 0 Å². The van der Waals surface area contributed by atoms with E-state index < -0.39 is 0 Å². The van der Waals surface area contributed by atoms with Crippen molar-refractivity contribution in [2.45, 2.75) is 27.3 Å².